The third kappa shape index (κ3) is 2.32. The van der Waals surface area contributed by atoms with Crippen LogP contribution in [0.4, 0.5) is 0 Å². The lowest BCUT2D eigenvalue weighted by atomic mass is 10.2. The molecule has 0 saturated heterocycles. The summed E-state index contributed by atoms with van der Waals surface area (Å²) in [5.41, 5.74) is 0.802. The van der Waals surface area contributed by atoms with Crippen molar-refractivity contribution in [2.45, 2.75) is 11.8 Å². The van der Waals surface area contributed by atoms with Gasteiger partial charge in [0.1, 0.15) is 10.6 Å². The van der Waals surface area contributed by atoms with Crippen LogP contribution >= 0.6 is 22.3 Å². The lowest BCUT2D eigenvalue weighted by Crippen LogP contribution is -1.98. The van der Waals surface area contributed by atoms with Gasteiger partial charge in [-0.15, -0.1) is 0 Å². The molecular weight excluding hydrogens is 247 g/mol. The van der Waals surface area contributed by atoms with E-state index in [1.54, 1.807) is 13.0 Å². The van der Waals surface area contributed by atoms with Gasteiger partial charge in [0.05, 0.1) is 12.1 Å². The normalized spacial score (nSPS) is 11.4. The summed E-state index contributed by atoms with van der Waals surface area (Å²) in [7, 11) is 2.69. The van der Waals surface area contributed by atoms with Gasteiger partial charge in [-0.2, -0.15) is 0 Å². The Bertz CT molecular complexity index is 454. The molecule has 3 nitrogen and oxygen atoms in total. The molecule has 78 valence electrons. The van der Waals surface area contributed by atoms with Crippen molar-refractivity contribution in [3.05, 3.63) is 22.7 Å². The molecule has 0 atom stereocenters. The number of methoxy groups -OCH3 is 1. The summed E-state index contributed by atoms with van der Waals surface area (Å²) in [6, 6.07) is 3.07. The second kappa shape index (κ2) is 3.96. The van der Waals surface area contributed by atoms with Crippen molar-refractivity contribution in [1.82, 2.24) is 0 Å². The van der Waals surface area contributed by atoms with Crippen LogP contribution in [-0.4, -0.2) is 15.5 Å². The molecule has 0 fully saturated rings. The summed E-state index contributed by atoms with van der Waals surface area (Å²) < 4.78 is 27.2. The highest BCUT2D eigenvalue weighted by Gasteiger charge is 2.21. The molecular formula is C8H8Cl2O3S. The summed E-state index contributed by atoms with van der Waals surface area (Å²) in [4.78, 5) is -0.186. The maximum Gasteiger partial charge on any atom is 0.266 e. The molecule has 0 aliphatic carbocycles. The molecule has 14 heavy (non-hydrogen) atoms. The molecule has 0 heterocycles. The van der Waals surface area contributed by atoms with Crippen molar-refractivity contribution in [3.63, 3.8) is 0 Å². The Morgan fingerprint density at radius 2 is 1.93 bits per heavy atom. The van der Waals surface area contributed by atoms with E-state index in [2.05, 4.69) is 0 Å². The van der Waals surface area contributed by atoms with Crippen LogP contribution in [0, 0.1) is 6.92 Å². The largest absolute Gasteiger partial charge is 0.495 e. The van der Waals surface area contributed by atoms with Gasteiger partial charge in [0, 0.05) is 10.7 Å². The highest BCUT2D eigenvalue weighted by atomic mass is 35.7. The number of benzene rings is 1. The number of hydrogen-bond acceptors (Lipinski definition) is 3. The third-order valence-corrected chi connectivity index (χ3v) is 3.40. The van der Waals surface area contributed by atoms with Gasteiger partial charge in [0.15, 0.2) is 0 Å². The molecule has 0 radical (unpaired) electrons. The van der Waals surface area contributed by atoms with Crippen LogP contribution in [0.2, 0.25) is 5.02 Å². The molecule has 0 bridgehead atoms. The van der Waals surface area contributed by atoms with E-state index < -0.39 is 9.05 Å². The van der Waals surface area contributed by atoms with Gasteiger partial charge in [0.25, 0.3) is 9.05 Å². The Balaban J connectivity index is 3.57. The van der Waals surface area contributed by atoms with Crippen molar-refractivity contribution < 1.29 is 13.2 Å². The van der Waals surface area contributed by atoms with Crippen LogP contribution < -0.4 is 4.74 Å². The van der Waals surface area contributed by atoms with Crippen LogP contribution in [0.5, 0.6) is 5.75 Å². The fraction of sp³-hybridized carbons (Fsp3) is 0.250. The van der Waals surface area contributed by atoms with E-state index in [4.69, 9.17) is 27.0 Å². The zero-order valence-corrected chi connectivity index (χ0v) is 9.87. The summed E-state index contributed by atoms with van der Waals surface area (Å²) in [5, 5.41) is 0.0665. The summed E-state index contributed by atoms with van der Waals surface area (Å²) in [6.45, 7) is 1.78. The minimum Gasteiger partial charge on any atom is -0.495 e. The van der Waals surface area contributed by atoms with Crippen molar-refractivity contribution in [3.8, 4) is 5.75 Å². The van der Waals surface area contributed by atoms with Crippen molar-refractivity contribution >= 4 is 31.3 Å². The first-order valence-corrected chi connectivity index (χ1v) is 6.34. The molecule has 0 spiro atoms. The maximum absolute atomic E-state index is 11.1. The number of hydrogen-bond donors (Lipinski definition) is 0. The average molecular weight is 255 g/mol. The van der Waals surface area contributed by atoms with E-state index in [-0.39, 0.29) is 15.7 Å². The lowest BCUT2D eigenvalue weighted by molar-refractivity contribution is 0.403. The minimum absolute atomic E-state index is 0.0665. The quantitative estimate of drug-likeness (QED) is 0.763. The molecule has 1 aromatic rings. The standard InChI is InChI=1S/C8H8Cl2O3S/c1-5-3-6(9)8(14(10,11)12)7(4-5)13-2/h3-4H,1-2H3. The topological polar surface area (TPSA) is 43.4 Å². The first-order valence-electron chi connectivity index (χ1n) is 3.65. The Kier molecular flexibility index (Phi) is 3.29. The van der Waals surface area contributed by atoms with Gasteiger partial charge in [-0.1, -0.05) is 11.6 Å². The monoisotopic (exact) mass is 254 g/mol. The third-order valence-electron chi connectivity index (χ3n) is 1.62. The highest BCUT2D eigenvalue weighted by Crippen LogP contribution is 2.34. The Hall–Kier alpha value is -0.450. The molecule has 1 aromatic carbocycles. The smallest absolute Gasteiger partial charge is 0.266 e. The van der Waals surface area contributed by atoms with E-state index in [9.17, 15) is 8.42 Å². The zero-order valence-electron chi connectivity index (χ0n) is 7.54. The van der Waals surface area contributed by atoms with Crippen LogP contribution in [0.15, 0.2) is 17.0 Å². The van der Waals surface area contributed by atoms with E-state index in [0.717, 1.165) is 5.56 Å². The second-order valence-electron chi connectivity index (χ2n) is 2.72. The summed E-state index contributed by atoms with van der Waals surface area (Å²) in [5.74, 6) is 0.157. The second-order valence-corrected chi connectivity index (χ2v) is 5.63. The Labute approximate surface area is 92.0 Å². The van der Waals surface area contributed by atoms with Crippen LogP contribution in [0.1, 0.15) is 5.56 Å². The molecule has 0 amide bonds. The molecule has 0 aliphatic heterocycles. The highest BCUT2D eigenvalue weighted by molar-refractivity contribution is 8.14. The number of aryl methyl sites for hydroxylation is 1. The van der Waals surface area contributed by atoms with Crippen LogP contribution in [0.3, 0.4) is 0 Å². The number of ether oxygens (including phenoxy) is 1. The first-order chi connectivity index (χ1) is 6.36. The van der Waals surface area contributed by atoms with Crippen LogP contribution in [-0.2, 0) is 9.05 Å². The Morgan fingerprint density at radius 3 is 2.36 bits per heavy atom. The zero-order chi connectivity index (χ0) is 10.9. The summed E-state index contributed by atoms with van der Waals surface area (Å²) >= 11 is 5.75. The molecule has 0 unspecified atom stereocenters. The maximum atomic E-state index is 11.1. The number of rotatable bonds is 2. The van der Waals surface area contributed by atoms with Gasteiger partial charge >= 0.3 is 0 Å². The minimum atomic E-state index is -3.88. The van der Waals surface area contributed by atoms with E-state index in [1.807, 2.05) is 0 Å². The molecule has 1 rings (SSSR count). The van der Waals surface area contributed by atoms with Gasteiger partial charge in [-0.05, 0) is 24.6 Å². The van der Waals surface area contributed by atoms with E-state index >= 15 is 0 Å². The van der Waals surface area contributed by atoms with Gasteiger partial charge in [-0.25, -0.2) is 8.42 Å². The van der Waals surface area contributed by atoms with Crippen molar-refractivity contribution in [2.24, 2.45) is 0 Å². The fourth-order valence-corrected chi connectivity index (χ4v) is 2.93. The first kappa shape index (κ1) is 11.6. The molecule has 0 saturated carbocycles. The molecule has 0 N–H and O–H groups in total. The van der Waals surface area contributed by atoms with Gasteiger partial charge < -0.3 is 4.74 Å². The van der Waals surface area contributed by atoms with Crippen molar-refractivity contribution in [1.29, 1.82) is 0 Å². The molecule has 0 aromatic heterocycles. The van der Waals surface area contributed by atoms with Crippen molar-refractivity contribution in [2.75, 3.05) is 7.11 Å². The van der Waals surface area contributed by atoms with Gasteiger partial charge in [-0.3, -0.25) is 0 Å². The Morgan fingerprint density at radius 1 is 1.36 bits per heavy atom. The average Bonchev–Trinajstić information content (AvgIpc) is 1.99. The predicted molar refractivity (Wildman–Crippen MR) is 55.8 cm³/mol. The van der Waals surface area contributed by atoms with E-state index in [0.29, 0.717) is 0 Å². The number of halogens is 2. The fourth-order valence-electron chi connectivity index (χ4n) is 1.09. The lowest BCUT2D eigenvalue weighted by Gasteiger charge is -2.08. The molecule has 6 heteroatoms. The molecule has 0 aliphatic rings. The summed E-state index contributed by atoms with van der Waals surface area (Å²) in [6.07, 6.45) is 0. The van der Waals surface area contributed by atoms with Gasteiger partial charge in [0.2, 0.25) is 0 Å². The van der Waals surface area contributed by atoms with E-state index in [1.165, 1.54) is 13.2 Å². The predicted octanol–water partition coefficient (Wildman–Crippen LogP) is 2.58. The van der Waals surface area contributed by atoms with Crippen LogP contribution in [0.25, 0.3) is 0 Å². The SMILES string of the molecule is COc1cc(C)cc(Cl)c1S(=O)(=O)Cl.